The van der Waals surface area contributed by atoms with Crippen molar-refractivity contribution in [3.8, 4) is 0 Å². The molecule has 3 aromatic rings. The van der Waals surface area contributed by atoms with Crippen LogP contribution in [0.25, 0.3) is 0 Å². The highest BCUT2D eigenvalue weighted by Crippen LogP contribution is 2.34. The van der Waals surface area contributed by atoms with E-state index in [4.69, 9.17) is 4.42 Å². The predicted molar refractivity (Wildman–Crippen MR) is 97.6 cm³/mol. The summed E-state index contributed by atoms with van der Waals surface area (Å²) in [6.07, 6.45) is 0. The summed E-state index contributed by atoms with van der Waals surface area (Å²) < 4.78 is 5.84. The Bertz CT molecular complexity index is 729. The molecule has 4 heteroatoms. The lowest BCUT2D eigenvalue weighted by atomic mass is 9.89. The van der Waals surface area contributed by atoms with Crippen LogP contribution in [0.5, 0.6) is 0 Å². The Labute approximate surface area is 142 Å². The molecular weight excluding hydrogens is 300 g/mol. The second-order valence-corrected chi connectivity index (χ2v) is 5.64. The fourth-order valence-electron chi connectivity index (χ4n) is 2.84. The van der Waals surface area contributed by atoms with Crippen LogP contribution in [0.4, 0.5) is 11.4 Å². The summed E-state index contributed by atoms with van der Waals surface area (Å²) in [6, 6.07) is 20.4. The van der Waals surface area contributed by atoms with Gasteiger partial charge < -0.3 is 20.2 Å². The van der Waals surface area contributed by atoms with Crippen LogP contribution in [0.2, 0.25) is 0 Å². The van der Waals surface area contributed by atoms with Crippen LogP contribution in [-0.2, 0) is 6.61 Å². The number of anilines is 2. The second kappa shape index (κ2) is 7.23. The summed E-state index contributed by atoms with van der Waals surface area (Å²) in [5.74, 6) is 1.39. The predicted octanol–water partition coefficient (Wildman–Crippen LogP) is 4.04. The lowest BCUT2D eigenvalue weighted by Gasteiger charge is -2.17. The number of hydrogen-bond acceptors (Lipinski definition) is 4. The third kappa shape index (κ3) is 3.29. The van der Waals surface area contributed by atoms with E-state index in [1.165, 1.54) is 0 Å². The molecule has 2 aromatic carbocycles. The molecule has 1 heterocycles. The molecule has 0 saturated carbocycles. The SMILES string of the molecule is CNc1ccc(C(c2ccc(NC)cc2)c2ccc(CO)o2)cc1. The van der Waals surface area contributed by atoms with Crippen LogP contribution in [0, 0.1) is 0 Å². The zero-order chi connectivity index (χ0) is 16.9. The maximum atomic E-state index is 9.30. The van der Waals surface area contributed by atoms with Gasteiger partial charge in [-0.3, -0.25) is 0 Å². The molecule has 0 unspecified atom stereocenters. The topological polar surface area (TPSA) is 57.4 Å². The van der Waals surface area contributed by atoms with E-state index in [0.29, 0.717) is 5.76 Å². The molecule has 0 bridgehead atoms. The molecule has 0 aliphatic heterocycles. The van der Waals surface area contributed by atoms with Crippen molar-refractivity contribution in [3.63, 3.8) is 0 Å². The van der Waals surface area contributed by atoms with E-state index in [2.05, 4.69) is 59.2 Å². The molecule has 0 atom stereocenters. The molecule has 0 aliphatic rings. The van der Waals surface area contributed by atoms with E-state index in [9.17, 15) is 5.11 Å². The number of aliphatic hydroxyl groups is 1. The van der Waals surface area contributed by atoms with Gasteiger partial charge in [0.2, 0.25) is 0 Å². The van der Waals surface area contributed by atoms with E-state index >= 15 is 0 Å². The zero-order valence-electron chi connectivity index (χ0n) is 13.9. The Kier molecular flexibility index (Phi) is 4.87. The number of aliphatic hydroxyl groups excluding tert-OH is 1. The first-order chi connectivity index (χ1) is 11.7. The van der Waals surface area contributed by atoms with Gasteiger partial charge in [-0.05, 0) is 47.5 Å². The molecule has 0 radical (unpaired) electrons. The molecule has 124 valence electrons. The van der Waals surface area contributed by atoms with Crippen molar-refractivity contribution in [2.75, 3.05) is 24.7 Å². The average Bonchev–Trinajstić information content (AvgIpc) is 3.12. The minimum atomic E-state index is -0.0931. The van der Waals surface area contributed by atoms with Gasteiger partial charge in [0.05, 0.1) is 5.92 Å². The molecular formula is C20H22N2O2. The van der Waals surface area contributed by atoms with Crippen molar-refractivity contribution >= 4 is 11.4 Å². The molecule has 3 rings (SSSR count). The molecule has 1 aromatic heterocycles. The smallest absolute Gasteiger partial charge is 0.129 e. The maximum Gasteiger partial charge on any atom is 0.129 e. The van der Waals surface area contributed by atoms with Gasteiger partial charge in [0.1, 0.15) is 18.1 Å². The molecule has 0 amide bonds. The minimum absolute atomic E-state index is 0.0119. The Morgan fingerprint density at radius 2 is 1.29 bits per heavy atom. The Morgan fingerprint density at radius 1 is 0.792 bits per heavy atom. The molecule has 0 fully saturated rings. The van der Waals surface area contributed by atoms with Crippen molar-refractivity contribution in [2.24, 2.45) is 0 Å². The zero-order valence-corrected chi connectivity index (χ0v) is 13.9. The van der Waals surface area contributed by atoms with E-state index < -0.39 is 0 Å². The van der Waals surface area contributed by atoms with Gasteiger partial charge in [-0.2, -0.15) is 0 Å². The van der Waals surface area contributed by atoms with E-state index in [1.54, 1.807) is 0 Å². The van der Waals surface area contributed by atoms with Crippen molar-refractivity contribution in [1.29, 1.82) is 0 Å². The normalized spacial score (nSPS) is 10.8. The van der Waals surface area contributed by atoms with Gasteiger partial charge in [0.25, 0.3) is 0 Å². The Morgan fingerprint density at radius 3 is 1.67 bits per heavy atom. The monoisotopic (exact) mass is 322 g/mol. The van der Waals surface area contributed by atoms with E-state index in [-0.39, 0.29) is 12.5 Å². The summed E-state index contributed by atoms with van der Waals surface area (Å²) in [6.45, 7) is -0.0931. The molecule has 0 saturated heterocycles. The second-order valence-electron chi connectivity index (χ2n) is 5.64. The summed E-state index contributed by atoms with van der Waals surface area (Å²) >= 11 is 0. The van der Waals surface area contributed by atoms with E-state index in [0.717, 1.165) is 28.3 Å². The van der Waals surface area contributed by atoms with Crippen LogP contribution in [0.1, 0.15) is 28.6 Å². The molecule has 24 heavy (non-hydrogen) atoms. The standard InChI is InChI=1S/C20H22N2O2/c1-21-16-7-3-14(4-8-16)20(19-12-11-18(13-23)24-19)15-5-9-17(22-2)10-6-15/h3-12,20-23H,13H2,1-2H3. The van der Waals surface area contributed by atoms with Crippen molar-refractivity contribution < 1.29 is 9.52 Å². The molecule has 4 nitrogen and oxygen atoms in total. The van der Waals surface area contributed by atoms with Crippen molar-refractivity contribution in [3.05, 3.63) is 83.3 Å². The maximum absolute atomic E-state index is 9.30. The average molecular weight is 322 g/mol. The third-order valence-electron chi connectivity index (χ3n) is 4.19. The minimum Gasteiger partial charge on any atom is -0.463 e. The lowest BCUT2D eigenvalue weighted by molar-refractivity contribution is 0.243. The summed E-state index contributed by atoms with van der Waals surface area (Å²) in [4.78, 5) is 0. The van der Waals surface area contributed by atoms with Gasteiger partial charge in [0.15, 0.2) is 0 Å². The largest absolute Gasteiger partial charge is 0.463 e. The molecule has 0 aliphatic carbocycles. The number of rotatable bonds is 6. The fraction of sp³-hybridized carbons (Fsp3) is 0.200. The van der Waals surface area contributed by atoms with Crippen LogP contribution >= 0.6 is 0 Å². The number of nitrogens with one attached hydrogen (secondary N) is 2. The summed E-state index contributed by atoms with van der Waals surface area (Å²) in [5.41, 5.74) is 4.42. The Hall–Kier alpha value is -2.72. The first-order valence-electron chi connectivity index (χ1n) is 8.00. The first-order valence-corrected chi connectivity index (χ1v) is 8.00. The summed E-state index contributed by atoms with van der Waals surface area (Å²) in [7, 11) is 3.81. The highest BCUT2D eigenvalue weighted by atomic mass is 16.4. The van der Waals surface area contributed by atoms with Crippen molar-refractivity contribution in [2.45, 2.75) is 12.5 Å². The number of benzene rings is 2. The quantitative estimate of drug-likeness (QED) is 0.641. The van der Waals surface area contributed by atoms with Crippen molar-refractivity contribution in [1.82, 2.24) is 0 Å². The summed E-state index contributed by atoms with van der Waals surface area (Å²) in [5, 5.41) is 15.6. The lowest BCUT2D eigenvalue weighted by Crippen LogP contribution is -2.03. The van der Waals surface area contributed by atoms with Gasteiger partial charge in [-0.1, -0.05) is 24.3 Å². The van der Waals surface area contributed by atoms with Crippen LogP contribution < -0.4 is 10.6 Å². The van der Waals surface area contributed by atoms with Gasteiger partial charge in [-0.15, -0.1) is 0 Å². The fourth-order valence-corrected chi connectivity index (χ4v) is 2.84. The van der Waals surface area contributed by atoms with Crippen LogP contribution in [-0.4, -0.2) is 19.2 Å². The third-order valence-corrected chi connectivity index (χ3v) is 4.19. The molecule has 0 spiro atoms. The van der Waals surface area contributed by atoms with Gasteiger partial charge in [-0.25, -0.2) is 0 Å². The van der Waals surface area contributed by atoms with Gasteiger partial charge >= 0.3 is 0 Å². The van der Waals surface area contributed by atoms with Crippen LogP contribution in [0.3, 0.4) is 0 Å². The highest BCUT2D eigenvalue weighted by Gasteiger charge is 2.20. The highest BCUT2D eigenvalue weighted by molar-refractivity contribution is 5.51. The molecule has 3 N–H and O–H groups in total. The van der Waals surface area contributed by atoms with Gasteiger partial charge in [0, 0.05) is 25.5 Å². The number of furan rings is 1. The number of hydrogen-bond donors (Lipinski definition) is 3. The van der Waals surface area contributed by atoms with Crippen LogP contribution in [0.15, 0.2) is 65.1 Å². The Balaban J connectivity index is 2.04. The van der Waals surface area contributed by atoms with E-state index in [1.807, 2.05) is 26.2 Å². The first kappa shape index (κ1) is 16.1.